The summed E-state index contributed by atoms with van der Waals surface area (Å²) in [6, 6.07) is 0. The second-order valence-electron chi connectivity index (χ2n) is 3.32. The standard InChI is InChI=1S/C7H18BN/c1-5(4-9)6(2)7(3)8/h5-7H,4,8-9H2,1-3H3/t5?,6?,7-/m0/s1. The summed E-state index contributed by atoms with van der Waals surface area (Å²) in [5.74, 6) is 2.20. The van der Waals surface area contributed by atoms with E-state index in [4.69, 9.17) is 5.73 Å². The minimum absolute atomic E-state index is 0.671. The molecular formula is C7H18BN. The van der Waals surface area contributed by atoms with Gasteiger partial charge in [-0.25, -0.2) is 0 Å². The van der Waals surface area contributed by atoms with Crippen molar-refractivity contribution in [2.75, 3.05) is 6.54 Å². The van der Waals surface area contributed by atoms with Crippen molar-refractivity contribution >= 4 is 7.85 Å². The summed E-state index contributed by atoms with van der Waals surface area (Å²) in [5.41, 5.74) is 5.51. The summed E-state index contributed by atoms with van der Waals surface area (Å²) < 4.78 is 0. The zero-order valence-electron chi connectivity index (χ0n) is 7.02. The molecule has 0 aliphatic heterocycles. The number of nitrogens with two attached hydrogens (primary N) is 1. The molecule has 0 aromatic carbocycles. The molecule has 9 heavy (non-hydrogen) atoms. The first kappa shape index (κ1) is 9.02. The van der Waals surface area contributed by atoms with Crippen LogP contribution in [0.2, 0.25) is 5.82 Å². The van der Waals surface area contributed by atoms with Crippen LogP contribution in [-0.2, 0) is 0 Å². The van der Waals surface area contributed by atoms with E-state index >= 15 is 0 Å². The second kappa shape index (κ2) is 3.94. The fourth-order valence-electron chi connectivity index (χ4n) is 0.872. The predicted octanol–water partition coefficient (Wildman–Crippen LogP) is 0.659. The first-order chi connectivity index (χ1) is 4.09. The Morgan fingerprint density at radius 2 is 1.78 bits per heavy atom. The molecule has 0 amide bonds. The van der Waals surface area contributed by atoms with Gasteiger partial charge in [-0.05, 0) is 18.4 Å². The van der Waals surface area contributed by atoms with Gasteiger partial charge in [0.2, 0.25) is 0 Å². The molecule has 0 aromatic heterocycles. The van der Waals surface area contributed by atoms with E-state index in [1.165, 1.54) is 0 Å². The Bertz CT molecular complexity index is 73.3. The number of rotatable bonds is 3. The molecule has 3 atom stereocenters. The molecule has 1 nitrogen and oxygen atoms in total. The maximum absolute atomic E-state index is 5.51. The summed E-state index contributed by atoms with van der Waals surface area (Å²) in [5, 5.41) is 0. The molecule has 0 heterocycles. The smallest absolute Gasteiger partial charge is 0.105 e. The lowest BCUT2D eigenvalue weighted by atomic mass is 9.73. The van der Waals surface area contributed by atoms with E-state index in [0.29, 0.717) is 5.92 Å². The van der Waals surface area contributed by atoms with Crippen molar-refractivity contribution in [3.05, 3.63) is 0 Å². The van der Waals surface area contributed by atoms with Crippen molar-refractivity contribution in [2.24, 2.45) is 17.6 Å². The Morgan fingerprint density at radius 1 is 1.33 bits per heavy atom. The van der Waals surface area contributed by atoms with Crippen molar-refractivity contribution < 1.29 is 0 Å². The monoisotopic (exact) mass is 127 g/mol. The van der Waals surface area contributed by atoms with Gasteiger partial charge in [0.05, 0.1) is 0 Å². The molecule has 2 N–H and O–H groups in total. The van der Waals surface area contributed by atoms with Crippen LogP contribution in [0, 0.1) is 11.8 Å². The highest BCUT2D eigenvalue weighted by Gasteiger charge is 2.13. The Balaban J connectivity index is 3.58. The highest BCUT2D eigenvalue weighted by atomic mass is 14.5. The highest BCUT2D eigenvalue weighted by Crippen LogP contribution is 2.20. The molecule has 0 spiro atoms. The second-order valence-corrected chi connectivity index (χ2v) is 3.32. The Kier molecular flexibility index (Phi) is 3.95. The van der Waals surface area contributed by atoms with E-state index in [9.17, 15) is 0 Å². The highest BCUT2D eigenvalue weighted by molar-refractivity contribution is 6.11. The fourth-order valence-corrected chi connectivity index (χ4v) is 0.872. The topological polar surface area (TPSA) is 26.0 Å². The van der Waals surface area contributed by atoms with Gasteiger partial charge < -0.3 is 5.73 Å². The molecule has 0 bridgehead atoms. The third kappa shape index (κ3) is 2.90. The minimum atomic E-state index is 0.671. The van der Waals surface area contributed by atoms with Crippen molar-refractivity contribution in [1.29, 1.82) is 0 Å². The Hall–Kier alpha value is 0.0249. The van der Waals surface area contributed by atoms with Crippen LogP contribution < -0.4 is 5.73 Å². The lowest BCUT2D eigenvalue weighted by molar-refractivity contribution is 0.386. The third-order valence-corrected chi connectivity index (χ3v) is 2.32. The first-order valence-corrected chi connectivity index (χ1v) is 3.79. The average molecular weight is 127 g/mol. The lowest BCUT2D eigenvalue weighted by Gasteiger charge is -2.21. The summed E-state index contributed by atoms with van der Waals surface area (Å²) in [6.07, 6.45) is 0. The SMILES string of the molecule is B[C@@H](C)C(C)C(C)CN. The maximum atomic E-state index is 5.51. The molecule has 0 saturated heterocycles. The fraction of sp³-hybridized carbons (Fsp3) is 1.00. The van der Waals surface area contributed by atoms with E-state index < -0.39 is 0 Å². The van der Waals surface area contributed by atoms with Crippen LogP contribution in [0.25, 0.3) is 0 Å². The van der Waals surface area contributed by atoms with Gasteiger partial charge in [0, 0.05) is 0 Å². The third-order valence-electron chi connectivity index (χ3n) is 2.32. The van der Waals surface area contributed by atoms with Crippen LogP contribution in [0.15, 0.2) is 0 Å². The average Bonchev–Trinajstić information content (AvgIpc) is 1.84. The molecule has 0 radical (unpaired) electrons. The van der Waals surface area contributed by atoms with Crippen LogP contribution >= 0.6 is 0 Å². The molecule has 0 aromatic rings. The minimum Gasteiger partial charge on any atom is -0.330 e. The zero-order chi connectivity index (χ0) is 7.44. The van der Waals surface area contributed by atoms with Crippen LogP contribution in [0.3, 0.4) is 0 Å². The largest absolute Gasteiger partial charge is 0.330 e. The van der Waals surface area contributed by atoms with E-state index in [1.807, 2.05) is 0 Å². The van der Waals surface area contributed by atoms with Crippen molar-refractivity contribution in [3.8, 4) is 0 Å². The lowest BCUT2D eigenvalue weighted by Crippen LogP contribution is -2.20. The summed E-state index contributed by atoms with van der Waals surface area (Å²) in [6.45, 7) is 7.54. The van der Waals surface area contributed by atoms with Crippen molar-refractivity contribution in [1.82, 2.24) is 0 Å². The summed E-state index contributed by atoms with van der Waals surface area (Å²) >= 11 is 0. The van der Waals surface area contributed by atoms with E-state index in [0.717, 1.165) is 18.3 Å². The van der Waals surface area contributed by atoms with Gasteiger partial charge in [-0.2, -0.15) is 0 Å². The number of hydrogen-bond acceptors (Lipinski definition) is 1. The van der Waals surface area contributed by atoms with Crippen LogP contribution in [0.1, 0.15) is 20.8 Å². The van der Waals surface area contributed by atoms with Crippen LogP contribution in [0.5, 0.6) is 0 Å². The molecule has 0 aliphatic carbocycles. The summed E-state index contributed by atoms with van der Waals surface area (Å²) in [4.78, 5) is 0. The molecule has 2 heteroatoms. The van der Waals surface area contributed by atoms with Gasteiger partial charge in [0.1, 0.15) is 7.85 Å². The molecule has 0 fully saturated rings. The van der Waals surface area contributed by atoms with Gasteiger partial charge in [-0.3, -0.25) is 0 Å². The quantitative estimate of drug-likeness (QED) is 0.553. The van der Waals surface area contributed by atoms with E-state index in [1.54, 1.807) is 0 Å². The van der Waals surface area contributed by atoms with Crippen molar-refractivity contribution in [3.63, 3.8) is 0 Å². The van der Waals surface area contributed by atoms with Gasteiger partial charge in [0.15, 0.2) is 0 Å². The molecule has 54 valence electrons. The van der Waals surface area contributed by atoms with Gasteiger partial charge >= 0.3 is 0 Å². The van der Waals surface area contributed by atoms with E-state index in [2.05, 4.69) is 28.6 Å². The zero-order valence-corrected chi connectivity index (χ0v) is 7.02. The Morgan fingerprint density at radius 3 is 1.89 bits per heavy atom. The predicted molar refractivity (Wildman–Crippen MR) is 45.4 cm³/mol. The van der Waals surface area contributed by atoms with Gasteiger partial charge in [-0.15, -0.1) is 0 Å². The maximum Gasteiger partial charge on any atom is 0.105 e. The molecular weight excluding hydrogens is 109 g/mol. The normalized spacial score (nSPS) is 20.9. The number of hydrogen-bond donors (Lipinski definition) is 1. The first-order valence-electron chi connectivity index (χ1n) is 3.79. The molecule has 0 saturated carbocycles. The molecule has 0 rings (SSSR count). The van der Waals surface area contributed by atoms with Crippen molar-refractivity contribution in [2.45, 2.75) is 26.6 Å². The summed E-state index contributed by atoms with van der Waals surface area (Å²) in [7, 11) is 2.25. The van der Waals surface area contributed by atoms with E-state index in [-0.39, 0.29) is 0 Å². The Labute approximate surface area is 59.4 Å². The van der Waals surface area contributed by atoms with Crippen LogP contribution in [-0.4, -0.2) is 14.4 Å². The van der Waals surface area contributed by atoms with Gasteiger partial charge in [-0.1, -0.05) is 26.6 Å². The van der Waals surface area contributed by atoms with Crippen LogP contribution in [0.4, 0.5) is 0 Å². The van der Waals surface area contributed by atoms with Gasteiger partial charge in [0.25, 0.3) is 0 Å². The molecule has 2 unspecified atom stereocenters. The molecule has 0 aliphatic rings.